The van der Waals surface area contributed by atoms with E-state index < -0.39 is 0 Å². The van der Waals surface area contributed by atoms with Crippen LogP contribution < -0.4 is 10.6 Å². The molecule has 118 valence electrons. The lowest BCUT2D eigenvalue weighted by Crippen LogP contribution is -2.26. The van der Waals surface area contributed by atoms with E-state index in [-0.39, 0.29) is 30.6 Å². The van der Waals surface area contributed by atoms with Crippen LogP contribution in [0.5, 0.6) is 0 Å². The second kappa shape index (κ2) is 8.48. The first-order valence-electron chi connectivity index (χ1n) is 7.20. The topological polar surface area (TPSA) is 58.2 Å². The monoisotopic (exact) mass is 312 g/mol. The van der Waals surface area contributed by atoms with Gasteiger partial charge >= 0.3 is 0 Å². The molecule has 0 atom stereocenters. The van der Waals surface area contributed by atoms with Crippen molar-refractivity contribution in [1.82, 2.24) is 5.32 Å². The highest BCUT2D eigenvalue weighted by molar-refractivity contribution is 5.93. The summed E-state index contributed by atoms with van der Waals surface area (Å²) in [6.45, 7) is 0.227. The fraction of sp³-hybridized carbons (Fsp3) is 0.111. The number of benzene rings is 2. The third-order valence-electron chi connectivity index (χ3n) is 3.01. The molecule has 2 N–H and O–H groups in total. The molecule has 0 aliphatic carbocycles. The zero-order chi connectivity index (χ0) is 16.5. The largest absolute Gasteiger partial charge is 0.352 e. The molecule has 0 aliphatic heterocycles. The van der Waals surface area contributed by atoms with Gasteiger partial charge in [0.05, 0.1) is 0 Å². The van der Waals surface area contributed by atoms with E-state index in [0.29, 0.717) is 5.69 Å². The lowest BCUT2D eigenvalue weighted by atomic mass is 10.2. The van der Waals surface area contributed by atoms with Gasteiger partial charge in [0, 0.05) is 24.7 Å². The first-order chi connectivity index (χ1) is 11.1. The number of nitrogens with one attached hydrogen (secondary N) is 2. The van der Waals surface area contributed by atoms with Gasteiger partial charge < -0.3 is 10.6 Å². The quantitative estimate of drug-likeness (QED) is 0.806. The molecule has 0 radical (unpaired) electrons. The molecule has 2 amide bonds. The van der Waals surface area contributed by atoms with E-state index in [1.165, 1.54) is 30.3 Å². The Labute approximate surface area is 134 Å². The van der Waals surface area contributed by atoms with E-state index in [1.54, 1.807) is 6.08 Å². The van der Waals surface area contributed by atoms with Crippen LogP contribution in [-0.4, -0.2) is 18.4 Å². The molecule has 0 bridgehead atoms. The van der Waals surface area contributed by atoms with Crippen LogP contribution in [-0.2, 0) is 9.59 Å². The van der Waals surface area contributed by atoms with Gasteiger partial charge in [-0.1, -0.05) is 30.3 Å². The van der Waals surface area contributed by atoms with Crippen molar-refractivity contribution in [1.29, 1.82) is 0 Å². The maximum atomic E-state index is 12.7. The van der Waals surface area contributed by atoms with E-state index in [4.69, 9.17) is 0 Å². The molecular weight excluding hydrogens is 295 g/mol. The molecule has 2 aromatic carbocycles. The molecular formula is C18H17FN2O2. The molecule has 0 unspecified atom stereocenters. The van der Waals surface area contributed by atoms with E-state index in [2.05, 4.69) is 10.6 Å². The molecule has 23 heavy (non-hydrogen) atoms. The maximum absolute atomic E-state index is 12.7. The van der Waals surface area contributed by atoms with Crippen molar-refractivity contribution in [3.8, 4) is 0 Å². The Bertz CT molecular complexity index is 682. The fourth-order valence-corrected chi connectivity index (χ4v) is 1.85. The van der Waals surface area contributed by atoms with Crippen molar-refractivity contribution in [2.75, 3.05) is 11.9 Å². The van der Waals surface area contributed by atoms with Gasteiger partial charge in [-0.3, -0.25) is 9.59 Å². The minimum absolute atomic E-state index is 0.141. The van der Waals surface area contributed by atoms with Gasteiger partial charge in [0.15, 0.2) is 0 Å². The number of halogens is 1. The number of hydrogen-bond acceptors (Lipinski definition) is 2. The van der Waals surface area contributed by atoms with Crippen LogP contribution in [0.1, 0.15) is 12.0 Å². The number of carbonyl (C=O) groups is 2. The SMILES string of the molecule is O=C(C=Cc1ccccc1)NCCC(=O)Nc1ccc(F)cc1. The smallest absolute Gasteiger partial charge is 0.244 e. The van der Waals surface area contributed by atoms with Crippen LogP contribution in [0.3, 0.4) is 0 Å². The van der Waals surface area contributed by atoms with Gasteiger partial charge in [0.25, 0.3) is 0 Å². The summed E-state index contributed by atoms with van der Waals surface area (Å²) in [7, 11) is 0. The number of anilines is 1. The summed E-state index contributed by atoms with van der Waals surface area (Å²) in [4.78, 5) is 23.3. The van der Waals surface area contributed by atoms with Crippen LogP contribution >= 0.6 is 0 Å². The summed E-state index contributed by atoms with van der Waals surface area (Å²) in [5.41, 5.74) is 1.45. The Morgan fingerprint density at radius 1 is 1.00 bits per heavy atom. The lowest BCUT2D eigenvalue weighted by Gasteiger charge is -2.05. The van der Waals surface area contributed by atoms with Crippen LogP contribution in [0, 0.1) is 5.82 Å². The Morgan fingerprint density at radius 3 is 2.39 bits per heavy atom. The predicted octanol–water partition coefficient (Wildman–Crippen LogP) is 2.98. The Balaban J connectivity index is 1.69. The van der Waals surface area contributed by atoms with Crippen molar-refractivity contribution in [2.24, 2.45) is 0 Å². The standard InChI is InChI=1S/C18H17FN2O2/c19-15-7-9-16(10-8-15)21-18(23)12-13-20-17(22)11-6-14-4-2-1-3-5-14/h1-11H,12-13H2,(H,20,22)(H,21,23). The van der Waals surface area contributed by atoms with E-state index in [0.717, 1.165) is 5.56 Å². The Kier molecular flexibility index (Phi) is 6.06. The van der Waals surface area contributed by atoms with Gasteiger partial charge in [-0.15, -0.1) is 0 Å². The van der Waals surface area contributed by atoms with Crippen LogP contribution in [0.2, 0.25) is 0 Å². The number of amides is 2. The van der Waals surface area contributed by atoms with Gasteiger partial charge in [-0.05, 0) is 35.9 Å². The normalized spacial score (nSPS) is 10.5. The summed E-state index contributed by atoms with van der Waals surface area (Å²) in [6, 6.07) is 15.0. The fourth-order valence-electron chi connectivity index (χ4n) is 1.85. The average Bonchev–Trinajstić information content (AvgIpc) is 2.56. The summed E-state index contributed by atoms with van der Waals surface area (Å²) in [5, 5.41) is 5.26. The van der Waals surface area contributed by atoms with Crippen LogP contribution in [0.25, 0.3) is 6.08 Å². The highest BCUT2D eigenvalue weighted by Crippen LogP contribution is 2.08. The molecule has 2 rings (SSSR count). The zero-order valence-electron chi connectivity index (χ0n) is 12.5. The van der Waals surface area contributed by atoms with Crippen molar-refractivity contribution in [3.63, 3.8) is 0 Å². The van der Waals surface area contributed by atoms with E-state index >= 15 is 0 Å². The average molecular weight is 312 g/mol. The second-order valence-electron chi connectivity index (χ2n) is 4.84. The van der Waals surface area contributed by atoms with Crippen molar-refractivity contribution in [2.45, 2.75) is 6.42 Å². The highest BCUT2D eigenvalue weighted by atomic mass is 19.1. The molecule has 0 spiro atoms. The second-order valence-corrected chi connectivity index (χ2v) is 4.84. The summed E-state index contributed by atoms with van der Waals surface area (Å²) in [5.74, 6) is -0.868. The van der Waals surface area contributed by atoms with Crippen LogP contribution in [0.15, 0.2) is 60.7 Å². The molecule has 0 aliphatic rings. The molecule has 0 heterocycles. The third-order valence-corrected chi connectivity index (χ3v) is 3.01. The molecule has 0 aromatic heterocycles. The maximum Gasteiger partial charge on any atom is 0.244 e. The molecule has 0 saturated heterocycles. The predicted molar refractivity (Wildman–Crippen MR) is 88.1 cm³/mol. The third kappa shape index (κ3) is 6.13. The number of carbonyl (C=O) groups excluding carboxylic acids is 2. The van der Waals surface area contributed by atoms with Crippen LogP contribution in [0.4, 0.5) is 10.1 Å². The minimum atomic E-state index is -0.361. The van der Waals surface area contributed by atoms with E-state index in [9.17, 15) is 14.0 Å². The molecule has 5 heteroatoms. The number of rotatable bonds is 6. The van der Waals surface area contributed by atoms with Crippen molar-refractivity contribution >= 4 is 23.6 Å². The zero-order valence-corrected chi connectivity index (χ0v) is 12.5. The molecule has 2 aromatic rings. The van der Waals surface area contributed by atoms with Gasteiger partial charge in [0.1, 0.15) is 5.82 Å². The highest BCUT2D eigenvalue weighted by Gasteiger charge is 2.03. The van der Waals surface area contributed by atoms with Gasteiger partial charge in [0.2, 0.25) is 11.8 Å². The molecule has 0 saturated carbocycles. The van der Waals surface area contributed by atoms with Gasteiger partial charge in [-0.2, -0.15) is 0 Å². The van der Waals surface area contributed by atoms with Crippen molar-refractivity contribution in [3.05, 3.63) is 72.1 Å². The Morgan fingerprint density at radius 2 is 1.70 bits per heavy atom. The molecule has 0 fully saturated rings. The summed E-state index contributed by atoms with van der Waals surface area (Å²) >= 11 is 0. The summed E-state index contributed by atoms with van der Waals surface area (Å²) < 4.78 is 12.7. The number of hydrogen-bond donors (Lipinski definition) is 2. The lowest BCUT2D eigenvalue weighted by molar-refractivity contribution is -0.117. The van der Waals surface area contributed by atoms with Crippen molar-refractivity contribution < 1.29 is 14.0 Å². The van der Waals surface area contributed by atoms with E-state index in [1.807, 2.05) is 30.3 Å². The molecule has 4 nitrogen and oxygen atoms in total. The summed E-state index contributed by atoms with van der Waals surface area (Å²) in [6.07, 6.45) is 3.27. The minimum Gasteiger partial charge on any atom is -0.352 e. The first-order valence-corrected chi connectivity index (χ1v) is 7.20. The first kappa shape index (κ1) is 16.4. The van der Waals surface area contributed by atoms with Gasteiger partial charge in [-0.25, -0.2) is 4.39 Å². The Hall–Kier alpha value is -2.95.